The van der Waals surface area contributed by atoms with Crippen LogP contribution in [0.4, 0.5) is 0 Å². The highest BCUT2D eigenvalue weighted by atomic mass is 35.5. The van der Waals surface area contributed by atoms with Crippen molar-refractivity contribution < 1.29 is 9.90 Å². The molecule has 0 spiro atoms. The van der Waals surface area contributed by atoms with Crippen molar-refractivity contribution in [3.05, 3.63) is 70.4 Å². The molecular weight excluding hydrogens is 384 g/mol. The van der Waals surface area contributed by atoms with Gasteiger partial charge in [0.1, 0.15) is 11.3 Å². The van der Waals surface area contributed by atoms with Gasteiger partial charge in [-0.2, -0.15) is 0 Å². The molecule has 1 heterocycles. The molecule has 2 N–H and O–H groups in total. The van der Waals surface area contributed by atoms with Crippen LogP contribution in [-0.4, -0.2) is 16.0 Å². The summed E-state index contributed by atoms with van der Waals surface area (Å²) in [5, 5.41) is 15.2. The quantitative estimate of drug-likeness (QED) is 0.493. The van der Waals surface area contributed by atoms with Crippen LogP contribution in [0.5, 0.6) is 5.75 Å². The molecule has 0 radical (unpaired) electrons. The number of fused-ring (bicyclic) bond motifs is 1. The topological polar surface area (TPSA) is 62.2 Å². The number of nitrogens with one attached hydrogen (secondary N) is 1. The highest BCUT2D eigenvalue weighted by Gasteiger charge is 2.23. The third kappa shape index (κ3) is 4.70. The molecule has 1 atom stereocenters. The van der Waals surface area contributed by atoms with E-state index in [2.05, 4.69) is 43.2 Å². The van der Waals surface area contributed by atoms with Crippen LogP contribution >= 0.6 is 11.6 Å². The number of pyridine rings is 1. The molecular formula is C24H27ClN2O2. The predicted molar refractivity (Wildman–Crippen MR) is 118 cm³/mol. The van der Waals surface area contributed by atoms with Crippen molar-refractivity contribution in [2.45, 2.75) is 52.0 Å². The van der Waals surface area contributed by atoms with Crippen LogP contribution in [0.2, 0.25) is 5.02 Å². The van der Waals surface area contributed by atoms with Gasteiger partial charge in [0.05, 0.1) is 11.1 Å². The number of rotatable bonds is 7. The van der Waals surface area contributed by atoms with Crippen LogP contribution in [0.15, 0.2) is 48.7 Å². The maximum absolute atomic E-state index is 12.6. The number of carbonyl (C=O) groups is 1. The van der Waals surface area contributed by atoms with Crippen LogP contribution in [0.25, 0.3) is 10.9 Å². The fourth-order valence-electron chi connectivity index (χ4n) is 3.41. The third-order valence-electron chi connectivity index (χ3n) is 5.16. The second kappa shape index (κ2) is 9.27. The smallest absolute Gasteiger partial charge is 0.220 e. The lowest BCUT2D eigenvalue weighted by atomic mass is 9.93. The summed E-state index contributed by atoms with van der Waals surface area (Å²) in [6.45, 7) is 6.33. The largest absolute Gasteiger partial charge is 0.505 e. The van der Waals surface area contributed by atoms with Gasteiger partial charge in [0.2, 0.25) is 5.91 Å². The lowest BCUT2D eigenvalue weighted by Crippen LogP contribution is -2.29. The molecule has 0 unspecified atom stereocenters. The first-order valence-corrected chi connectivity index (χ1v) is 10.5. The maximum atomic E-state index is 12.6. The van der Waals surface area contributed by atoms with Crippen LogP contribution < -0.4 is 5.32 Å². The Hall–Kier alpha value is -2.59. The monoisotopic (exact) mass is 410 g/mol. The van der Waals surface area contributed by atoms with E-state index < -0.39 is 6.04 Å². The highest BCUT2D eigenvalue weighted by Crippen LogP contribution is 2.38. The molecule has 0 aliphatic rings. The van der Waals surface area contributed by atoms with Crippen LogP contribution in [0.3, 0.4) is 0 Å². The molecule has 0 bridgehead atoms. The van der Waals surface area contributed by atoms with Gasteiger partial charge in [0.15, 0.2) is 0 Å². The molecule has 1 aromatic heterocycles. The zero-order valence-electron chi connectivity index (χ0n) is 17.1. The molecule has 0 aliphatic heterocycles. The number of aromatic nitrogens is 1. The molecule has 0 saturated carbocycles. The summed E-state index contributed by atoms with van der Waals surface area (Å²) in [7, 11) is 0. The number of hydrogen-bond acceptors (Lipinski definition) is 3. The van der Waals surface area contributed by atoms with E-state index in [1.165, 1.54) is 5.56 Å². The summed E-state index contributed by atoms with van der Waals surface area (Å²) >= 11 is 6.49. The Bertz CT molecular complexity index is 1000. The number of carbonyl (C=O) groups excluding carboxylic acids is 1. The highest BCUT2D eigenvalue weighted by molar-refractivity contribution is 6.35. The van der Waals surface area contributed by atoms with E-state index in [0.717, 1.165) is 18.4 Å². The van der Waals surface area contributed by atoms with Crippen LogP contribution in [0, 0.1) is 0 Å². The number of phenols is 1. The van der Waals surface area contributed by atoms with Crippen molar-refractivity contribution in [2.24, 2.45) is 0 Å². The second-order valence-electron chi connectivity index (χ2n) is 7.62. The molecule has 152 valence electrons. The predicted octanol–water partition coefficient (Wildman–Crippen LogP) is 6.11. The number of benzene rings is 2. The normalized spacial score (nSPS) is 12.3. The fourth-order valence-corrected chi connectivity index (χ4v) is 3.68. The van der Waals surface area contributed by atoms with E-state index in [9.17, 15) is 9.90 Å². The summed E-state index contributed by atoms with van der Waals surface area (Å²) in [5.74, 6) is 0.398. The number of nitrogens with zero attached hydrogens (tertiary/aromatic N) is 1. The summed E-state index contributed by atoms with van der Waals surface area (Å²) in [6, 6.07) is 12.9. The first-order chi connectivity index (χ1) is 13.9. The minimum Gasteiger partial charge on any atom is -0.505 e. The van der Waals surface area contributed by atoms with Crippen LogP contribution in [0.1, 0.15) is 68.7 Å². The van der Waals surface area contributed by atoms with Crippen molar-refractivity contribution >= 4 is 28.4 Å². The minimum absolute atomic E-state index is 0.0405. The maximum Gasteiger partial charge on any atom is 0.220 e. The zero-order valence-corrected chi connectivity index (χ0v) is 17.8. The summed E-state index contributed by atoms with van der Waals surface area (Å²) < 4.78 is 0. The van der Waals surface area contributed by atoms with Crippen molar-refractivity contribution in [1.82, 2.24) is 10.3 Å². The first-order valence-electron chi connectivity index (χ1n) is 10.1. The molecule has 0 saturated heterocycles. The Morgan fingerprint density at radius 3 is 2.52 bits per heavy atom. The van der Waals surface area contributed by atoms with Crippen molar-refractivity contribution in [3.63, 3.8) is 0 Å². The lowest BCUT2D eigenvalue weighted by Gasteiger charge is -2.22. The Kier molecular flexibility index (Phi) is 6.75. The van der Waals surface area contributed by atoms with Crippen molar-refractivity contribution in [3.8, 4) is 5.75 Å². The van der Waals surface area contributed by atoms with E-state index >= 15 is 0 Å². The van der Waals surface area contributed by atoms with E-state index in [1.54, 1.807) is 18.3 Å². The Morgan fingerprint density at radius 2 is 1.86 bits per heavy atom. The second-order valence-corrected chi connectivity index (χ2v) is 8.03. The number of aromatic hydroxyl groups is 1. The molecule has 2 aromatic carbocycles. The van der Waals surface area contributed by atoms with E-state index in [1.807, 2.05) is 18.2 Å². The van der Waals surface area contributed by atoms with Gasteiger partial charge in [-0.1, -0.05) is 63.1 Å². The van der Waals surface area contributed by atoms with E-state index in [0.29, 0.717) is 33.8 Å². The van der Waals surface area contributed by atoms with E-state index in [-0.39, 0.29) is 11.7 Å². The number of unbranched alkanes of at least 4 members (excludes halogenated alkanes) is 1. The number of phenolic OH excluding ortho intramolecular Hbond substituents is 1. The zero-order chi connectivity index (χ0) is 21.0. The Morgan fingerprint density at radius 1 is 1.17 bits per heavy atom. The molecule has 0 fully saturated rings. The summed E-state index contributed by atoms with van der Waals surface area (Å²) in [6.07, 6.45) is 3.82. The van der Waals surface area contributed by atoms with Gasteiger partial charge >= 0.3 is 0 Å². The number of amides is 1. The average Bonchev–Trinajstić information content (AvgIpc) is 2.73. The standard InChI is InChI=1S/C24H27ClN2O2/c1-4-5-8-21(28)27-22(17-11-9-16(10-12-17)15(2)3)19-14-20(25)18-7-6-13-26-23(18)24(19)29/h6-7,9-15,22,29H,4-5,8H2,1-3H3,(H,27,28)/t22-/m0/s1. The third-order valence-corrected chi connectivity index (χ3v) is 5.47. The molecule has 29 heavy (non-hydrogen) atoms. The van der Waals surface area contributed by atoms with Crippen molar-refractivity contribution in [1.29, 1.82) is 0 Å². The van der Waals surface area contributed by atoms with Gasteiger partial charge in [-0.25, -0.2) is 0 Å². The number of hydrogen-bond donors (Lipinski definition) is 2. The Labute approximate surface area is 176 Å². The average molecular weight is 411 g/mol. The van der Waals surface area contributed by atoms with Gasteiger partial charge in [0.25, 0.3) is 0 Å². The molecule has 3 rings (SSSR count). The number of halogens is 1. The van der Waals surface area contributed by atoms with Gasteiger partial charge in [-0.3, -0.25) is 9.78 Å². The van der Waals surface area contributed by atoms with Gasteiger partial charge in [-0.05, 0) is 41.7 Å². The molecule has 4 nitrogen and oxygen atoms in total. The van der Waals surface area contributed by atoms with Gasteiger partial charge < -0.3 is 10.4 Å². The molecule has 5 heteroatoms. The Balaban J connectivity index is 2.08. The first kappa shape index (κ1) is 21.1. The van der Waals surface area contributed by atoms with E-state index in [4.69, 9.17) is 11.6 Å². The molecule has 3 aromatic rings. The van der Waals surface area contributed by atoms with Crippen LogP contribution in [-0.2, 0) is 4.79 Å². The fraction of sp³-hybridized carbons (Fsp3) is 0.333. The lowest BCUT2D eigenvalue weighted by molar-refractivity contribution is -0.121. The van der Waals surface area contributed by atoms with Crippen molar-refractivity contribution in [2.75, 3.05) is 0 Å². The molecule has 0 aliphatic carbocycles. The SMILES string of the molecule is CCCCC(=O)N[C@@H](c1ccc(C(C)C)cc1)c1cc(Cl)c2cccnc2c1O. The minimum atomic E-state index is -0.510. The summed E-state index contributed by atoms with van der Waals surface area (Å²) in [4.78, 5) is 16.8. The summed E-state index contributed by atoms with van der Waals surface area (Å²) in [5.41, 5.74) is 3.08. The van der Waals surface area contributed by atoms with Gasteiger partial charge in [0, 0.05) is 23.6 Å². The molecule has 1 amide bonds. The van der Waals surface area contributed by atoms with Gasteiger partial charge in [-0.15, -0.1) is 0 Å².